The fraction of sp³-hybridized carbons (Fsp3) is 0.533. The molecule has 1 fully saturated rings. The summed E-state index contributed by atoms with van der Waals surface area (Å²) in [5.74, 6) is 1.08. The molecule has 0 spiro atoms. The molecule has 0 N–H and O–H groups in total. The second-order valence-electron chi connectivity index (χ2n) is 4.75. The van der Waals surface area contributed by atoms with Crippen LogP contribution < -0.4 is 9.64 Å². The Hall–Kier alpha value is -1.55. The van der Waals surface area contributed by atoms with Crippen molar-refractivity contribution in [2.45, 2.75) is 19.8 Å². The predicted molar refractivity (Wildman–Crippen MR) is 74.9 cm³/mol. The Kier molecular flexibility index (Phi) is 5.21. The third kappa shape index (κ3) is 4.56. The van der Waals surface area contributed by atoms with Crippen molar-refractivity contribution in [1.82, 2.24) is 0 Å². The quantitative estimate of drug-likeness (QED) is 0.738. The Bertz CT molecular complexity index is 414. The molecule has 0 saturated carbocycles. The predicted octanol–water partition coefficient (Wildman–Crippen LogP) is 2.27. The number of ketones is 1. The molecule has 1 saturated heterocycles. The van der Waals surface area contributed by atoms with Crippen molar-refractivity contribution in [1.29, 1.82) is 0 Å². The van der Waals surface area contributed by atoms with Gasteiger partial charge in [0.1, 0.15) is 11.5 Å². The van der Waals surface area contributed by atoms with Crippen LogP contribution in [0.2, 0.25) is 0 Å². The van der Waals surface area contributed by atoms with Crippen LogP contribution in [-0.2, 0) is 9.53 Å². The van der Waals surface area contributed by atoms with Crippen molar-refractivity contribution in [2.24, 2.45) is 0 Å². The van der Waals surface area contributed by atoms with E-state index >= 15 is 0 Å². The van der Waals surface area contributed by atoms with E-state index in [4.69, 9.17) is 9.47 Å². The van der Waals surface area contributed by atoms with Gasteiger partial charge >= 0.3 is 0 Å². The third-order valence-electron chi connectivity index (χ3n) is 3.14. The van der Waals surface area contributed by atoms with Gasteiger partial charge in [-0.2, -0.15) is 0 Å². The highest BCUT2D eigenvalue weighted by molar-refractivity contribution is 5.75. The molecule has 1 heterocycles. The zero-order chi connectivity index (χ0) is 13.5. The summed E-state index contributed by atoms with van der Waals surface area (Å²) < 4.78 is 11.0. The maximum Gasteiger partial charge on any atom is 0.129 e. The first-order valence-electron chi connectivity index (χ1n) is 6.81. The SMILES string of the molecule is CC(=O)CCCOc1cccc(N2CCOCC2)c1. The van der Waals surface area contributed by atoms with Crippen LogP contribution in [0.25, 0.3) is 0 Å². The van der Waals surface area contributed by atoms with Gasteiger partial charge in [0.15, 0.2) is 0 Å². The zero-order valence-corrected chi connectivity index (χ0v) is 11.4. The Balaban J connectivity index is 1.85. The van der Waals surface area contributed by atoms with E-state index in [2.05, 4.69) is 17.0 Å². The fourth-order valence-corrected chi connectivity index (χ4v) is 2.10. The van der Waals surface area contributed by atoms with Crippen LogP contribution in [0.1, 0.15) is 19.8 Å². The molecule has 0 aliphatic carbocycles. The highest BCUT2D eigenvalue weighted by Gasteiger charge is 2.11. The average Bonchev–Trinajstić information content (AvgIpc) is 2.45. The van der Waals surface area contributed by atoms with Crippen LogP contribution >= 0.6 is 0 Å². The van der Waals surface area contributed by atoms with Gasteiger partial charge in [-0.25, -0.2) is 0 Å². The molecule has 0 aromatic heterocycles. The number of rotatable bonds is 6. The molecule has 1 aromatic carbocycles. The van der Waals surface area contributed by atoms with Gasteiger partial charge in [0.05, 0.1) is 19.8 Å². The maximum atomic E-state index is 10.8. The standard InChI is InChI=1S/C15H21NO3/c1-13(17)4-3-9-19-15-6-2-5-14(12-15)16-7-10-18-11-8-16/h2,5-6,12H,3-4,7-11H2,1H3. The van der Waals surface area contributed by atoms with Crippen LogP contribution in [0.4, 0.5) is 5.69 Å². The van der Waals surface area contributed by atoms with E-state index in [0.717, 1.165) is 38.5 Å². The van der Waals surface area contributed by atoms with Crippen LogP contribution in [0.15, 0.2) is 24.3 Å². The van der Waals surface area contributed by atoms with Crippen molar-refractivity contribution < 1.29 is 14.3 Å². The van der Waals surface area contributed by atoms with E-state index in [0.29, 0.717) is 13.0 Å². The van der Waals surface area contributed by atoms with E-state index in [1.54, 1.807) is 6.92 Å². The van der Waals surface area contributed by atoms with Gasteiger partial charge in [0.2, 0.25) is 0 Å². The Morgan fingerprint density at radius 2 is 2.16 bits per heavy atom. The van der Waals surface area contributed by atoms with Gasteiger partial charge in [0.25, 0.3) is 0 Å². The minimum atomic E-state index is 0.214. The molecule has 0 bridgehead atoms. The van der Waals surface area contributed by atoms with Crippen molar-refractivity contribution in [3.63, 3.8) is 0 Å². The number of hydrogen-bond acceptors (Lipinski definition) is 4. The van der Waals surface area contributed by atoms with Gasteiger partial charge in [0, 0.05) is 31.3 Å². The number of ether oxygens (including phenoxy) is 2. The fourth-order valence-electron chi connectivity index (χ4n) is 2.10. The molecule has 0 atom stereocenters. The van der Waals surface area contributed by atoms with Crippen LogP contribution in [-0.4, -0.2) is 38.7 Å². The highest BCUT2D eigenvalue weighted by atomic mass is 16.5. The van der Waals surface area contributed by atoms with Crippen molar-refractivity contribution in [2.75, 3.05) is 37.8 Å². The van der Waals surface area contributed by atoms with E-state index in [9.17, 15) is 4.79 Å². The first kappa shape index (κ1) is 13.9. The van der Waals surface area contributed by atoms with E-state index in [1.165, 1.54) is 5.69 Å². The first-order chi connectivity index (χ1) is 9.25. The molecule has 0 unspecified atom stereocenters. The van der Waals surface area contributed by atoms with Crippen molar-refractivity contribution in [3.8, 4) is 5.75 Å². The summed E-state index contributed by atoms with van der Waals surface area (Å²) >= 11 is 0. The minimum Gasteiger partial charge on any atom is -0.494 e. The van der Waals surface area contributed by atoms with Gasteiger partial charge in [-0.1, -0.05) is 6.07 Å². The smallest absolute Gasteiger partial charge is 0.129 e. The molecule has 0 amide bonds. The molecule has 19 heavy (non-hydrogen) atoms. The lowest BCUT2D eigenvalue weighted by atomic mass is 10.2. The number of carbonyl (C=O) groups is 1. The molecule has 2 rings (SSSR count). The van der Waals surface area contributed by atoms with Crippen LogP contribution in [0.5, 0.6) is 5.75 Å². The molecule has 4 nitrogen and oxygen atoms in total. The largest absolute Gasteiger partial charge is 0.494 e. The molecule has 1 aliphatic heterocycles. The number of anilines is 1. The summed E-state index contributed by atoms with van der Waals surface area (Å²) in [4.78, 5) is 13.1. The molecular formula is C15H21NO3. The number of nitrogens with zero attached hydrogens (tertiary/aromatic N) is 1. The highest BCUT2D eigenvalue weighted by Crippen LogP contribution is 2.22. The number of hydrogen-bond donors (Lipinski definition) is 0. The summed E-state index contributed by atoms with van der Waals surface area (Å²) in [7, 11) is 0. The normalized spacial score (nSPS) is 15.3. The Morgan fingerprint density at radius 3 is 2.89 bits per heavy atom. The number of morpholine rings is 1. The molecule has 104 valence electrons. The van der Waals surface area contributed by atoms with E-state index < -0.39 is 0 Å². The maximum absolute atomic E-state index is 10.8. The van der Waals surface area contributed by atoms with Crippen LogP contribution in [0.3, 0.4) is 0 Å². The van der Waals surface area contributed by atoms with Crippen LogP contribution in [0, 0.1) is 0 Å². The second kappa shape index (κ2) is 7.14. The van der Waals surface area contributed by atoms with Crippen molar-refractivity contribution >= 4 is 11.5 Å². The molecule has 1 aliphatic rings. The summed E-state index contributed by atoms with van der Waals surface area (Å²) in [6.45, 7) is 5.61. The van der Waals surface area contributed by atoms with E-state index in [-0.39, 0.29) is 5.78 Å². The lowest BCUT2D eigenvalue weighted by molar-refractivity contribution is -0.117. The molecule has 4 heteroatoms. The number of carbonyl (C=O) groups excluding carboxylic acids is 1. The van der Waals surface area contributed by atoms with Gasteiger partial charge in [-0.05, 0) is 25.5 Å². The van der Waals surface area contributed by atoms with Gasteiger partial charge in [-0.3, -0.25) is 0 Å². The van der Waals surface area contributed by atoms with Gasteiger partial charge in [-0.15, -0.1) is 0 Å². The zero-order valence-electron chi connectivity index (χ0n) is 11.4. The number of Topliss-reactive ketones (excluding diaryl/α,β-unsaturated/α-hetero) is 1. The topological polar surface area (TPSA) is 38.8 Å². The monoisotopic (exact) mass is 263 g/mol. The Labute approximate surface area is 114 Å². The lowest BCUT2D eigenvalue weighted by Crippen LogP contribution is -2.36. The summed E-state index contributed by atoms with van der Waals surface area (Å²) in [5, 5.41) is 0. The average molecular weight is 263 g/mol. The number of benzene rings is 1. The minimum absolute atomic E-state index is 0.214. The summed E-state index contributed by atoms with van der Waals surface area (Å²) in [6, 6.07) is 8.11. The van der Waals surface area contributed by atoms with E-state index in [1.807, 2.05) is 12.1 Å². The first-order valence-corrected chi connectivity index (χ1v) is 6.81. The Morgan fingerprint density at radius 1 is 1.37 bits per heavy atom. The van der Waals surface area contributed by atoms with Gasteiger partial charge < -0.3 is 19.2 Å². The molecular weight excluding hydrogens is 242 g/mol. The molecule has 1 aromatic rings. The lowest BCUT2D eigenvalue weighted by Gasteiger charge is -2.29. The second-order valence-corrected chi connectivity index (χ2v) is 4.75. The molecule has 0 radical (unpaired) electrons. The van der Waals surface area contributed by atoms with Crippen molar-refractivity contribution in [3.05, 3.63) is 24.3 Å². The third-order valence-corrected chi connectivity index (χ3v) is 3.14. The summed E-state index contributed by atoms with van der Waals surface area (Å²) in [5.41, 5.74) is 1.17. The summed E-state index contributed by atoms with van der Waals surface area (Å²) in [6.07, 6.45) is 1.36.